The minimum atomic E-state index is -3.91. The first kappa shape index (κ1) is 23.7. The lowest BCUT2D eigenvalue weighted by molar-refractivity contribution is -0.0133. The fraction of sp³-hybridized carbons (Fsp3) is 0.300. The largest absolute Gasteiger partial charge is 0.376 e. The van der Waals surface area contributed by atoms with Crippen molar-refractivity contribution in [3.8, 4) is 0 Å². The van der Waals surface area contributed by atoms with Crippen molar-refractivity contribution in [2.75, 3.05) is 29.7 Å². The van der Waals surface area contributed by atoms with Crippen molar-refractivity contribution in [3.05, 3.63) is 56.8 Å². The molecule has 4 rings (SSSR count). The Bertz CT molecular complexity index is 1390. The van der Waals surface area contributed by atoms with Crippen molar-refractivity contribution in [2.24, 2.45) is 7.05 Å². The van der Waals surface area contributed by atoms with Crippen molar-refractivity contribution in [1.29, 1.82) is 0 Å². The van der Waals surface area contributed by atoms with Crippen LogP contribution in [0.2, 0.25) is 10.0 Å². The van der Waals surface area contributed by atoms with Crippen molar-refractivity contribution >= 4 is 61.4 Å². The number of benzene rings is 2. The smallest absolute Gasteiger partial charge is 0.301 e. The Morgan fingerprint density at radius 2 is 1.88 bits per heavy atom. The van der Waals surface area contributed by atoms with E-state index in [1.807, 2.05) is 6.92 Å². The number of nitrogens with zero attached hydrogens (tertiary/aromatic N) is 3. The first-order chi connectivity index (χ1) is 15.6. The molecule has 1 saturated heterocycles. The molecule has 0 amide bonds. The van der Waals surface area contributed by atoms with Gasteiger partial charge in [-0.05, 0) is 31.2 Å². The van der Waals surface area contributed by atoms with Crippen molar-refractivity contribution in [2.45, 2.75) is 13.0 Å². The van der Waals surface area contributed by atoms with Gasteiger partial charge in [-0.25, -0.2) is 9.37 Å². The van der Waals surface area contributed by atoms with E-state index in [9.17, 15) is 17.6 Å². The van der Waals surface area contributed by atoms with Gasteiger partial charge < -0.3 is 14.6 Å². The molecule has 0 atom stereocenters. The van der Waals surface area contributed by atoms with Crippen molar-refractivity contribution in [3.63, 3.8) is 0 Å². The molecule has 2 heterocycles. The van der Waals surface area contributed by atoms with E-state index in [1.165, 1.54) is 34.4 Å². The summed E-state index contributed by atoms with van der Waals surface area (Å²) >= 11 is 12.8. The number of hydrogen-bond acceptors (Lipinski definition) is 6. The molecule has 3 aromatic rings. The summed E-state index contributed by atoms with van der Waals surface area (Å²) in [7, 11) is -2.38. The standard InChI is InChI=1S/C20H20Cl2FN5O4S/c1-3-32-11-8-28(9-11)33(30,31)26-15-5-4-12(23)19(18(15)22)25-14-7-6-13-16(17(14)21)20(29)27(2)10-24-13/h4-7,10-11,25-26H,3,8-9H2,1-2H3. The molecule has 1 aliphatic rings. The molecule has 0 saturated carbocycles. The molecule has 1 aliphatic heterocycles. The number of aromatic nitrogens is 2. The topological polar surface area (TPSA) is 106 Å². The van der Waals surface area contributed by atoms with Gasteiger partial charge in [0, 0.05) is 26.7 Å². The quantitative estimate of drug-likeness (QED) is 0.498. The van der Waals surface area contributed by atoms with Crippen LogP contribution in [0.1, 0.15) is 6.92 Å². The lowest BCUT2D eigenvalue weighted by Crippen LogP contribution is -2.56. The van der Waals surface area contributed by atoms with Gasteiger partial charge in [0.25, 0.3) is 5.56 Å². The fourth-order valence-corrected chi connectivity index (χ4v) is 5.27. The number of rotatable bonds is 7. The van der Waals surface area contributed by atoms with Gasteiger partial charge in [0.1, 0.15) is 5.82 Å². The highest BCUT2D eigenvalue weighted by atomic mass is 35.5. The van der Waals surface area contributed by atoms with Gasteiger partial charge in [-0.15, -0.1) is 0 Å². The lowest BCUT2D eigenvalue weighted by atomic mass is 10.2. The van der Waals surface area contributed by atoms with Crippen molar-refractivity contribution in [1.82, 2.24) is 13.9 Å². The molecule has 9 nitrogen and oxygen atoms in total. The van der Waals surface area contributed by atoms with Crippen LogP contribution in [0.3, 0.4) is 0 Å². The highest BCUT2D eigenvalue weighted by Gasteiger charge is 2.36. The summed E-state index contributed by atoms with van der Waals surface area (Å²) in [4.78, 5) is 16.6. The molecule has 0 bridgehead atoms. The average Bonchev–Trinajstić information content (AvgIpc) is 2.73. The van der Waals surface area contributed by atoms with Crippen LogP contribution in [-0.2, 0) is 22.0 Å². The summed E-state index contributed by atoms with van der Waals surface area (Å²) in [6.45, 7) is 2.74. The highest BCUT2D eigenvalue weighted by Crippen LogP contribution is 2.38. The minimum Gasteiger partial charge on any atom is -0.376 e. The molecular formula is C20H20Cl2FN5O4S. The van der Waals surface area contributed by atoms with E-state index in [-0.39, 0.29) is 57.2 Å². The molecule has 1 aromatic heterocycles. The molecule has 1 fully saturated rings. The first-order valence-corrected chi connectivity index (χ1v) is 12.1. The van der Waals surface area contributed by atoms with E-state index >= 15 is 0 Å². The number of fused-ring (bicyclic) bond motifs is 1. The van der Waals surface area contributed by atoms with Crippen LogP contribution in [0.25, 0.3) is 10.9 Å². The molecule has 0 unspecified atom stereocenters. The monoisotopic (exact) mass is 515 g/mol. The van der Waals surface area contributed by atoms with Crippen LogP contribution in [0.5, 0.6) is 0 Å². The summed E-state index contributed by atoms with van der Waals surface area (Å²) in [6.07, 6.45) is 1.21. The zero-order chi connectivity index (χ0) is 23.9. The van der Waals surface area contributed by atoms with E-state index in [1.54, 1.807) is 6.07 Å². The number of hydrogen-bond donors (Lipinski definition) is 2. The Labute approximate surface area is 199 Å². The molecule has 0 radical (unpaired) electrons. The molecule has 0 aliphatic carbocycles. The second-order valence-electron chi connectivity index (χ2n) is 7.39. The summed E-state index contributed by atoms with van der Waals surface area (Å²) in [5.41, 5.74) is -0.00908. The maximum atomic E-state index is 14.6. The lowest BCUT2D eigenvalue weighted by Gasteiger charge is -2.37. The predicted octanol–water partition coefficient (Wildman–Crippen LogP) is 3.50. The maximum Gasteiger partial charge on any atom is 0.301 e. The third-order valence-corrected chi connectivity index (χ3v) is 7.41. The molecule has 0 spiro atoms. The van der Waals surface area contributed by atoms with E-state index < -0.39 is 16.0 Å². The van der Waals surface area contributed by atoms with Crippen LogP contribution in [-0.4, -0.2) is 48.1 Å². The maximum absolute atomic E-state index is 14.6. The zero-order valence-corrected chi connectivity index (χ0v) is 19.9. The molecular weight excluding hydrogens is 496 g/mol. The van der Waals surface area contributed by atoms with Crippen molar-refractivity contribution < 1.29 is 17.5 Å². The van der Waals surface area contributed by atoms with E-state index in [0.717, 1.165) is 6.07 Å². The van der Waals surface area contributed by atoms with Crippen LogP contribution in [0.15, 0.2) is 35.4 Å². The summed E-state index contributed by atoms with van der Waals surface area (Å²) in [6, 6.07) is 5.38. The van der Waals surface area contributed by atoms with Gasteiger partial charge in [-0.1, -0.05) is 23.2 Å². The SMILES string of the molecule is CCOC1CN(S(=O)(=O)Nc2ccc(F)c(Nc3ccc4ncn(C)c(=O)c4c3Cl)c2Cl)C1. The Balaban J connectivity index is 1.64. The Hall–Kier alpha value is -2.44. The second kappa shape index (κ2) is 9.07. The third-order valence-electron chi connectivity index (χ3n) is 5.17. The molecule has 2 aromatic carbocycles. The number of nitrogens with one attached hydrogen (secondary N) is 2. The van der Waals surface area contributed by atoms with Gasteiger partial charge in [0.2, 0.25) is 0 Å². The Morgan fingerprint density at radius 1 is 1.18 bits per heavy atom. The number of anilines is 3. The number of halogens is 3. The second-order valence-corrected chi connectivity index (χ2v) is 9.82. The van der Waals surface area contributed by atoms with E-state index in [0.29, 0.717) is 12.1 Å². The van der Waals surface area contributed by atoms with Gasteiger partial charge in [0.15, 0.2) is 0 Å². The van der Waals surface area contributed by atoms with Gasteiger partial charge in [-0.3, -0.25) is 9.52 Å². The van der Waals surface area contributed by atoms with Gasteiger partial charge in [-0.2, -0.15) is 12.7 Å². The third kappa shape index (κ3) is 4.51. The molecule has 176 valence electrons. The highest BCUT2D eigenvalue weighted by molar-refractivity contribution is 7.90. The Morgan fingerprint density at radius 3 is 2.58 bits per heavy atom. The first-order valence-electron chi connectivity index (χ1n) is 9.90. The van der Waals surface area contributed by atoms with Gasteiger partial charge in [0.05, 0.1) is 50.4 Å². The Kier molecular flexibility index (Phi) is 6.52. The molecule has 33 heavy (non-hydrogen) atoms. The summed E-state index contributed by atoms with van der Waals surface area (Å²) < 4.78 is 50.1. The van der Waals surface area contributed by atoms with E-state index in [2.05, 4.69) is 15.0 Å². The number of ether oxygens (including phenoxy) is 1. The normalized spacial score (nSPS) is 14.9. The molecule has 2 N–H and O–H groups in total. The van der Waals surface area contributed by atoms with Crippen LogP contribution in [0.4, 0.5) is 21.5 Å². The minimum absolute atomic E-state index is 0.0186. The van der Waals surface area contributed by atoms with Crippen LogP contribution >= 0.6 is 23.2 Å². The predicted molar refractivity (Wildman–Crippen MR) is 126 cm³/mol. The average molecular weight is 516 g/mol. The number of aryl methyl sites for hydroxylation is 1. The van der Waals surface area contributed by atoms with Crippen LogP contribution < -0.4 is 15.6 Å². The molecule has 13 heteroatoms. The fourth-order valence-electron chi connectivity index (χ4n) is 3.37. The van der Waals surface area contributed by atoms with E-state index in [4.69, 9.17) is 27.9 Å². The summed E-state index contributed by atoms with van der Waals surface area (Å²) in [5.74, 6) is -0.737. The van der Waals surface area contributed by atoms with Gasteiger partial charge >= 0.3 is 10.2 Å². The summed E-state index contributed by atoms with van der Waals surface area (Å²) in [5, 5.41) is 2.76. The van der Waals surface area contributed by atoms with Crippen LogP contribution in [0, 0.1) is 5.82 Å². The zero-order valence-electron chi connectivity index (χ0n) is 17.6.